The van der Waals surface area contributed by atoms with E-state index in [4.69, 9.17) is 4.74 Å². The van der Waals surface area contributed by atoms with Gasteiger partial charge >= 0.3 is 0 Å². The van der Waals surface area contributed by atoms with E-state index in [9.17, 15) is 4.79 Å². The summed E-state index contributed by atoms with van der Waals surface area (Å²) < 4.78 is 6.77. The van der Waals surface area contributed by atoms with Gasteiger partial charge in [0.1, 0.15) is 5.75 Å². The average Bonchev–Trinajstić information content (AvgIpc) is 2.64. The summed E-state index contributed by atoms with van der Waals surface area (Å²) in [6.07, 6.45) is 1.64. The number of halogens is 1. The minimum atomic E-state index is -0.245. The van der Waals surface area contributed by atoms with Crippen molar-refractivity contribution < 1.29 is 9.53 Å². The number of fused-ring (bicyclic) bond motifs is 1. The van der Waals surface area contributed by atoms with Crippen molar-refractivity contribution in [3.05, 3.63) is 75.4 Å². The molecule has 0 bridgehead atoms. The van der Waals surface area contributed by atoms with Gasteiger partial charge in [-0.05, 0) is 70.6 Å². The second kappa shape index (κ2) is 8.11. The van der Waals surface area contributed by atoms with E-state index in [1.807, 2.05) is 55.5 Å². The first kappa shape index (κ1) is 17.4. The number of ether oxygens (including phenoxy) is 1. The fraction of sp³-hybridized carbons (Fsp3) is 0.100. The van der Waals surface area contributed by atoms with Gasteiger partial charge in [0.05, 0.1) is 12.8 Å². The van der Waals surface area contributed by atoms with E-state index >= 15 is 0 Å². The molecular weight excluding hydrogens is 427 g/mol. The molecule has 0 radical (unpaired) electrons. The quantitative estimate of drug-likeness (QED) is 0.355. The molecule has 0 aliphatic heterocycles. The van der Waals surface area contributed by atoms with Gasteiger partial charge in [0.25, 0.3) is 5.91 Å². The van der Waals surface area contributed by atoms with E-state index in [0.717, 1.165) is 25.7 Å². The van der Waals surface area contributed by atoms with Gasteiger partial charge in [-0.25, -0.2) is 5.43 Å². The van der Waals surface area contributed by atoms with Crippen LogP contribution in [0, 0.1) is 3.57 Å². The third-order valence-electron chi connectivity index (χ3n) is 3.70. The zero-order valence-electron chi connectivity index (χ0n) is 13.7. The van der Waals surface area contributed by atoms with Crippen molar-refractivity contribution in [2.45, 2.75) is 6.92 Å². The van der Waals surface area contributed by atoms with Crippen LogP contribution in [-0.2, 0) is 0 Å². The molecule has 0 spiro atoms. The van der Waals surface area contributed by atoms with Gasteiger partial charge in [0, 0.05) is 14.7 Å². The molecule has 126 valence electrons. The summed E-state index contributed by atoms with van der Waals surface area (Å²) in [6, 6.07) is 19.3. The second-order valence-electron chi connectivity index (χ2n) is 5.34. The Balaban J connectivity index is 1.86. The minimum Gasteiger partial charge on any atom is -0.493 e. The van der Waals surface area contributed by atoms with Gasteiger partial charge in [-0.2, -0.15) is 5.10 Å². The lowest BCUT2D eigenvalue weighted by Crippen LogP contribution is -2.17. The summed E-state index contributed by atoms with van der Waals surface area (Å²) in [6.45, 7) is 2.50. The number of rotatable bonds is 5. The monoisotopic (exact) mass is 444 g/mol. The SMILES string of the molecule is CCOc1ccc2ccccc2c1/C=N\NC(=O)c1ccc(I)cc1. The molecule has 3 aromatic carbocycles. The summed E-state index contributed by atoms with van der Waals surface area (Å²) in [4.78, 5) is 12.2. The highest BCUT2D eigenvalue weighted by Gasteiger charge is 2.07. The molecule has 0 saturated heterocycles. The first-order valence-corrected chi connectivity index (χ1v) is 9.00. The van der Waals surface area contributed by atoms with Crippen LogP contribution in [0.2, 0.25) is 0 Å². The lowest BCUT2D eigenvalue weighted by Gasteiger charge is -2.10. The van der Waals surface area contributed by atoms with Gasteiger partial charge < -0.3 is 4.74 Å². The van der Waals surface area contributed by atoms with Crippen molar-refractivity contribution in [2.24, 2.45) is 5.10 Å². The Morgan fingerprint density at radius 1 is 1.12 bits per heavy atom. The maximum atomic E-state index is 12.2. The zero-order chi connectivity index (χ0) is 17.6. The number of hydrazone groups is 1. The normalized spacial score (nSPS) is 11.0. The van der Waals surface area contributed by atoms with Crippen LogP contribution in [0.4, 0.5) is 0 Å². The van der Waals surface area contributed by atoms with E-state index < -0.39 is 0 Å². The molecule has 0 aliphatic rings. The summed E-state index contributed by atoms with van der Waals surface area (Å²) in [5, 5.41) is 6.25. The molecule has 1 N–H and O–H groups in total. The zero-order valence-corrected chi connectivity index (χ0v) is 15.9. The molecule has 3 rings (SSSR count). The van der Waals surface area contributed by atoms with Crippen molar-refractivity contribution in [3.8, 4) is 5.75 Å². The molecule has 0 saturated carbocycles. The van der Waals surface area contributed by atoms with E-state index in [1.165, 1.54) is 0 Å². The van der Waals surface area contributed by atoms with Crippen LogP contribution >= 0.6 is 22.6 Å². The first-order chi connectivity index (χ1) is 12.2. The Morgan fingerprint density at radius 3 is 2.64 bits per heavy atom. The molecule has 0 fully saturated rings. The van der Waals surface area contributed by atoms with Crippen LogP contribution in [0.15, 0.2) is 65.8 Å². The second-order valence-corrected chi connectivity index (χ2v) is 6.58. The Labute approximate surface area is 160 Å². The standard InChI is InChI=1S/C20H17IN2O2/c1-2-25-19-12-9-14-5-3-4-6-17(14)18(19)13-22-23-20(24)15-7-10-16(21)11-8-15/h3-13H,2H2,1H3,(H,23,24)/b22-13-. The predicted molar refractivity (Wildman–Crippen MR) is 109 cm³/mol. The number of hydrogen-bond donors (Lipinski definition) is 1. The number of benzene rings is 3. The highest BCUT2D eigenvalue weighted by Crippen LogP contribution is 2.26. The average molecular weight is 444 g/mol. The van der Waals surface area contributed by atoms with Crippen LogP contribution in [0.3, 0.4) is 0 Å². The molecule has 25 heavy (non-hydrogen) atoms. The van der Waals surface area contributed by atoms with Gasteiger partial charge in [0.2, 0.25) is 0 Å². The number of nitrogens with one attached hydrogen (secondary N) is 1. The molecular formula is C20H17IN2O2. The number of carbonyl (C=O) groups is 1. The highest BCUT2D eigenvalue weighted by atomic mass is 127. The van der Waals surface area contributed by atoms with Gasteiger partial charge in [-0.3, -0.25) is 4.79 Å². The topological polar surface area (TPSA) is 50.7 Å². The van der Waals surface area contributed by atoms with Gasteiger partial charge in [-0.15, -0.1) is 0 Å². The number of hydrogen-bond acceptors (Lipinski definition) is 3. The van der Waals surface area contributed by atoms with E-state index in [-0.39, 0.29) is 5.91 Å². The van der Waals surface area contributed by atoms with E-state index in [2.05, 4.69) is 33.1 Å². The third kappa shape index (κ3) is 4.17. The predicted octanol–water partition coefficient (Wildman–Crippen LogP) is 4.61. The molecule has 4 nitrogen and oxygen atoms in total. The van der Waals surface area contributed by atoms with Gasteiger partial charge in [-0.1, -0.05) is 30.3 Å². The third-order valence-corrected chi connectivity index (χ3v) is 4.42. The first-order valence-electron chi connectivity index (χ1n) is 7.92. The molecule has 0 atom stereocenters. The lowest BCUT2D eigenvalue weighted by atomic mass is 10.0. The Morgan fingerprint density at radius 2 is 1.88 bits per heavy atom. The van der Waals surface area contributed by atoms with E-state index in [1.54, 1.807) is 18.3 Å². The molecule has 0 aromatic heterocycles. The maximum Gasteiger partial charge on any atom is 0.271 e. The molecule has 0 heterocycles. The van der Waals surface area contributed by atoms with Crippen molar-refractivity contribution in [2.75, 3.05) is 6.61 Å². The smallest absolute Gasteiger partial charge is 0.271 e. The molecule has 1 amide bonds. The Bertz CT molecular complexity index is 921. The maximum absolute atomic E-state index is 12.2. The van der Waals surface area contributed by atoms with Crippen LogP contribution in [0.25, 0.3) is 10.8 Å². The molecule has 3 aromatic rings. The fourth-order valence-corrected chi connectivity index (χ4v) is 2.87. The molecule has 0 aliphatic carbocycles. The fourth-order valence-electron chi connectivity index (χ4n) is 2.51. The van der Waals surface area contributed by atoms with Crippen molar-refractivity contribution in [1.29, 1.82) is 0 Å². The number of carbonyl (C=O) groups excluding carboxylic acids is 1. The Hall–Kier alpha value is -2.41. The van der Waals surface area contributed by atoms with Crippen LogP contribution in [0.5, 0.6) is 5.75 Å². The lowest BCUT2D eigenvalue weighted by molar-refractivity contribution is 0.0955. The van der Waals surface area contributed by atoms with Gasteiger partial charge in [0.15, 0.2) is 0 Å². The largest absolute Gasteiger partial charge is 0.493 e. The number of amides is 1. The molecule has 0 unspecified atom stereocenters. The van der Waals surface area contributed by atoms with Crippen molar-refractivity contribution in [3.63, 3.8) is 0 Å². The van der Waals surface area contributed by atoms with Crippen LogP contribution < -0.4 is 10.2 Å². The summed E-state index contributed by atoms with van der Waals surface area (Å²) in [7, 11) is 0. The Kier molecular flexibility index (Phi) is 5.65. The van der Waals surface area contributed by atoms with Crippen LogP contribution in [0.1, 0.15) is 22.8 Å². The minimum absolute atomic E-state index is 0.245. The summed E-state index contributed by atoms with van der Waals surface area (Å²) in [5.41, 5.74) is 3.99. The van der Waals surface area contributed by atoms with Crippen molar-refractivity contribution >= 4 is 45.5 Å². The van der Waals surface area contributed by atoms with Crippen molar-refractivity contribution in [1.82, 2.24) is 5.43 Å². The summed E-state index contributed by atoms with van der Waals surface area (Å²) in [5.74, 6) is 0.499. The highest BCUT2D eigenvalue weighted by molar-refractivity contribution is 14.1. The number of nitrogens with zero attached hydrogens (tertiary/aromatic N) is 1. The molecule has 5 heteroatoms. The summed E-state index contributed by atoms with van der Waals surface area (Å²) >= 11 is 2.20. The van der Waals surface area contributed by atoms with Crippen LogP contribution in [-0.4, -0.2) is 18.7 Å². The van der Waals surface area contributed by atoms with E-state index in [0.29, 0.717) is 12.2 Å².